The van der Waals surface area contributed by atoms with Crippen molar-refractivity contribution in [2.75, 3.05) is 0 Å². The third-order valence-corrected chi connectivity index (χ3v) is 5.34. The second-order valence-corrected chi connectivity index (χ2v) is 6.33. The molecule has 0 fully saturated rings. The van der Waals surface area contributed by atoms with Crippen molar-refractivity contribution in [1.29, 1.82) is 0 Å². The molecule has 0 aliphatic heterocycles. The van der Waals surface area contributed by atoms with Crippen molar-refractivity contribution < 1.29 is 14.3 Å². The Morgan fingerprint density at radius 1 is 1.19 bits per heavy atom. The average molecular weight is 410 g/mol. The van der Waals surface area contributed by atoms with Crippen LogP contribution in [0.3, 0.4) is 0 Å². The number of aromatic hydroxyl groups is 1. The van der Waals surface area contributed by atoms with E-state index in [9.17, 15) is 9.90 Å². The van der Waals surface area contributed by atoms with E-state index in [1.807, 2.05) is 25.1 Å². The predicted octanol–water partition coefficient (Wildman–Crippen LogP) is 5.20. The Hall–Kier alpha value is -1.59. The lowest BCUT2D eigenvalue weighted by atomic mass is 10.0. The number of hydrogen-bond acceptors (Lipinski definition) is 3. The number of fused-ring (bicyclic) bond motifs is 1. The molecule has 1 aromatic heterocycles. The van der Waals surface area contributed by atoms with Crippen LogP contribution in [0, 0.1) is 6.92 Å². The summed E-state index contributed by atoms with van der Waals surface area (Å²) < 4.78 is 6.56. The summed E-state index contributed by atoms with van der Waals surface area (Å²) in [7, 11) is 0. The maximum atomic E-state index is 12.6. The van der Waals surface area contributed by atoms with E-state index in [1.165, 1.54) is 12.3 Å². The van der Waals surface area contributed by atoms with Gasteiger partial charge in [0, 0.05) is 10.9 Å². The number of aryl methyl sites for hydroxylation is 1. The molecule has 0 aliphatic carbocycles. The van der Waals surface area contributed by atoms with Crippen LogP contribution in [0.2, 0.25) is 0 Å². The summed E-state index contributed by atoms with van der Waals surface area (Å²) in [6, 6.07) is 8.89. The van der Waals surface area contributed by atoms with Gasteiger partial charge in [-0.2, -0.15) is 0 Å². The van der Waals surface area contributed by atoms with Gasteiger partial charge in [-0.05, 0) is 50.9 Å². The zero-order valence-electron chi connectivity index (χ0n) is 11.0. The van der Waals surface area contributed by atoms with Crippen molar-refractivity contribution >= 4 is 48.6 Å². The second-order valence-electron chi connectivity index (χ2n) is 4.75. The van der Waals surface area contributed by atoms with Crippen LogP contribution in [-0.2, 0) is 0 Å². The highest BCUT2D eigenvalue weighted by Gasteiger charge is 2.20. The first-order chi connectivity index (χ1) is 9.99. The maximum absolute atomic E-state index is 12.6. The van der Waals surface area contributed by atoms with Crippen molar-refractivity contribution in [3.05, 3.63) is 62.2 Å². The number of furan rings is 1. The molecule has 5 heteroatoms. The Morgan fingerprint density at radius 2 is 1.95 bits per heavy atom. The normalized spacial score (nSPS) is 11.0. The molecule has 0 saturated carbocycles. The molecule has 0 amide bonds. The van der Waals surface area contributed by atoms with Crippen molar-refractivity contribution in [2.24, 2.45) is 0 Å². The first-order valence-corrected chi connectivity index (χ1v) is 7.77. The molecule has 1 heterocycles. The molecule has 0 spiro atoms. The zero-order chi connectivity index (χ0) is 15.1. The van der Waals surface area contributed by atoms with Gasteiger partial charge in [-0.15, -0.1) is 0 Å². The van der Waals surface area contributed by atoms with Gasteiger partial charge in [0.25, 0.3) is 0 Å². The Bertz CT molecular complexity index is 865. The molecule has 21 heavy (non-hydrogen) atoms. The topological polar surface area (TPSA) is 50.4 Å². The highest BCUT2D eigenvalue weighted by molar-refractivity contribution is 9.13. The van der Waals surface area contributed by atoms with Crippen molar-refractivity contribution in [1.82, 2.24) is 0 Å². The van der Waals surface area contributed by atoms with E-state index in [0.717, 1.165) is 5.56 Å². The van der Waals surface area contributed by atoms with Crippen LogP contribution in [0.1, 0.15) is 21.5 Å². The van der Waals surface area contributed by atoms with Gasteiger partial charge in [0.15, 0.2) is 5.78 Å². The number of carbonyl (C=O) groups is 1. The third kappa shape index (κ3) is 2.40. The van der Waals surface area contributed by atoms with Crippen LogP contribution in [0.4, 0.5) is 0 Å². The van der Waals surface area contributed by atoms with Gasteiger partial charge in [0.05, 0.1) is 14.5 Å². The van der Waals surface area contributed by atoms with E-state index >= 15 is 0 Å². The molecule has 2 aromatic carbocycles. The molecule has 0 bridgehead atoms. The quantitative estimate of drug-likeness (QED) is 0.591. The highest BCUT2D eigenvalue weighted by Crippen LogP contribution is 2.40. The van der Waals surface area contributed by atoms with Crippen LogP contribution < -0.4 is 0 Å². The fourth-order valence-corrected chi connectivity index (χ4v) is 3.01. The molecule has 3 nitrogen and oxygen atoms in total. The smallest absolute Gasteiger partial charge is 0.196 e. The lowest BCUT2D eigenvalue weighted by Crippen LogP contribution is -2.00. The van der Waals surface area contributed by atoms with E-state index in [1.54, 1.807) is 6.07 Å². The van der Waals surface area contributed by atoms with Crippen LogP contribution in [0.15, 0.2) is 50.0 Å². The number of benzene rings is 2. The zero-order valence-corrected chi connectivity index (χ0v) is 14.2. The van der Waals surface area contributed by atoms with Crippen LogP contribution in [0.5, 0.6) is 5.75 Å². The van der Waals surface area contributed by atoms with Crippen molar-refractivity contribution in [3.63, 3.8) is 0 Å². The van der Waals surface area contributed by atoms with Gasteiger partial charge < -0.3 is 9.52 Å². The minimum Gasteiger partial charge on any atom is -0.507 e. The summed E-state index contributed by atoms with van der Waals surface area (Å²) in [5.41, 5.74) is 2.56. The first kappa shape index (κ1) is 14.4. The molecule has 0 saturated heterocycles. The standard InChI is InChI=1S/C16H10Br2O3/c1-8-3-2-4-9(5-8)15(20)11-7-21-16-10(11)6-12(19)13(17)14(16)18/h2-7,19H,1H3. The van der Waals surface area contributed by atoms with Gasteiger partial charge in [-0.3, -0.25) is 4.79 Å². The fraction of sp³-hybridized carbons (Fsp3) is 0.0625. The van der Waals surface area contributed by atoms with Gasteiger partial charge in [0.2, 0.25) is 0 Å². The second kappa shape index (κ2) is 5.31. The molecule has 106 valence electrons. The Morgan fingerprint density at radius 3 is 2.67 bits per heavy atom. The molecular weight excluding hydrogens is 400 g/mol. The van der Waals surface area contributed by atoms with Crippen molar-refractivity contribution in [2.45, 2.75) is 6.92 Å². The van der Waals surface area contributed by atoms with E-state index in [4.69, 9.17) is 4.42 Å². The van der Waals surface area contributed by atoms with Crippen LogP contribution in [-0.4, -0.2) is 10.9 Å². The molecule has 0 radical (unpaired) electrons. The number of rotatable bonds is 2. The number of phenols is 1. The van der Waals surface area contributed by atoms with Gasteiger partial charge in [-0.25, -0.2) is 0 Å². The monoisotopic (exact) mass is 408 g/mol. The summed E-state index contributed by atoms with van der Waals surface area (Å²) in [5, 5.41) is 10.5. The number of halogens is 2. The SMILES string of the molecule is Cc1cccc(C(=O)c2coc3c(Br)c(Br)c(O)cc23)c1. The number of phenolic OH excluding ortho intramolecular Hbond substituents is 1. The van der Waals surface area contributed by atoms with E-state index in [0.29, 0.717) is 31.0 Å². The summed E-state index contributed by atoms with van der Waals surface area (Å²) >= 11 is 6.61. The molecule has 1 N–H and O–H groups in total. The molecule has 3 aromatic rings. The Balaban J connectivity index is 2.20. The lowest BCUT2D eigenvalue weighted by molar-refractivity contribution is 0.103. The molecule has 0 atom stereocenters. The minimum atomic E-state index is -0.133. The van der Waals surface area contributed by atoms with E-state index < -0.39 is 0 Å². The number of hydrogen-bond donors (Lipinski definition) is 1. The summed E-state index contributed by atoms with van der Waals surface area (Å²) in [6.07, 6.45) is 1.42. The summed E-state index contributed by atoms with van der Waals surface area (Å²) in [6.45, 7) is 1.93. The van der Waals surface area contributed by atoms with E-state index in [2.05, 4.69) is 31.9 Å². The fourth-order valence-electron chi connectivity index (χ4n) is 2.21. The average Bonchev–Trinajstić information content (AvgIpc) is 2.88. The van der Waals surface area contributed by atoms with Gasteiger partial charge in [0.1, 0.15) is 17.6 Å². The van der Waals surface area contributed by atoms with Gasteiger partial charge >= 0.3 is 0 Å². The van der Waals surface area contributed by atoms with E-state index in [-0.39, 0.29) is 11.5 Å². The number of ketones is 1. The van der Waals surface area contributed by atoms with Crippen LogP contribution >= 0.6 is 31.9 Å². The maximum Gasteiger partial charge on any atom is 0.196 e. The van der Waals surface area contributed by atoms with Gasteiger partial charge in [-0.1, -0.05) is 23.8 Å². The molecular formula is C16H10Br2O3. The largest absolute Gasteiger partial charge is 0.507 e. The Kier molecular flexibility index (Phi) is 3.63. The Labute approximate surface area is 137 Å². The predicted molar refractivity (Wildman–Crippen MR) is 87.9 cm³/mol. The lowest BCUT2D eigenvalue weighted by Gasteiger charge is -2.03. The summed E-state index contributed by atoms with van der Waals surface area (Å²) in [4.78, 5) is 12.6. The molecule has 3 rings (SSSR count). The third-order valence-electron chi connectivity index (χ3n) is 3.25. The first-order valence-electron chi connectivity index (χ1n) is 6.18. The summed E-state index contributed by atoms with van der Waals surface area (Å²) in [5.74, 6) is -0.0832. The minimum absolute atomic E-state index is 0.0501. The molecule has 0 aliphatic rings. The molecule has 0 unspecified atom stereocenters. The number of carbonyl (C=O) groups excluding carboxylic acids is 1. The van der Waals surface area contributed by atoms with Crippen molar-refractivity contribution in [3.8, 4) is 5.75 Å². The highest BCUT2D eigenvalue weighted by atomic mass is 79.9. The van der Waals surface area contributed by atoms with Crippen LogP contribution in [0.25, 0.3) is 11.0 Å².